The van der Waals surface area contributed by atoms with Gasteiger partial charge in [-0.1, -0.05) is 23.7 Å². The Labute approximate surface area is 133 Å². The van der Waals surface area contributed by atoms with Gasteiger partial charge in [0.25, 0.3) is 0 Å². The van der Waals surface area contributed by atoms with Crippen molar-refractivity contribution in [3.8, 4) is 0 Å². The minimum atomic E-state index is -0.653. The highest BCUT2D eigenvalue weighted by atomic mass is 35.5. The molecule has 0 radical (unpaired) electrons. The van der Waals surface area contributed by atoms with Crippen LogP contribution in [0.1, 0.15) is 23.3 Å². The molecule has 0 spiro atoms. The predicted octanol–water partition coefficient (Wildman–Crippen LogP) is 4.16. The Hall–Kier alpha value is -1.10. The van der Waals surface area contributed by atoms with E-state index in [9.17, 15) is 4.79 Å². The van der Waals surface area contributed by atoms with Gasteiger partial charge < -0.3 is 5.11 Å². The molecular formula is C16H18ClNO2S. The maximum absolute atomic E-state index is 11.0. The normalized spacial score (nSPS) is 17.4. The summed E-state index contributed by atoms with van der Waals surface area (Å²) >= 11 is 8.03. The molecule has 2 aromatic rings. The largest absolute Gasteiger partial charge is 0.481 e. The zero-order valence-electron chi connectivity index (χ0n) is 11.9. The smallest absolute Gasteiger partial charge is 0.306 e. The molecule has 0 bridgehead atoms. The molecule has 5 heteroatoms. The highest BCUT2D eigenvalue weighted by Crippen LogP contribution is 2.36. The van der Waals surface area contributed by atoms with E-state index in [1.54, 1.807) is 11.3 Å². The predicted molar refractivity (Wildman–Crippen MR) is 87.2 cm³/mol. The number of carboxylic acids is 1. The van der Waals surface area contributed by atoms with Crippen molar-refractivity contribution in [3.63, 3.8) is 0 Å². The van der Waals surface area contributed by atoms with Gasteiger partial charge in [-0.3, -0.25) is 9.69 Å². The number of fused-ring (bicyclic) bond motifs is 1. The van der Waals surface area contributed by atoms with Crippen LogP contribution < -0.4 is 0 Å². The first kappa shape index (κ1) is 14.8. The highest BCUT2D eigenvalue weighted by Gasteiger charge is 2.25. The van der Waals surface area contributed by atoms with Gasteiger partial charge in [-0.25, -0.2) is 0 Å². The standard InChI is InChI=1S/C16H18ClNO2S/c1-10-12-3-2-4-13(17)15(12)21-14(10)9-18-7-5-11(6-8-18)16(19)20/h2-4,11H,5-9H2,1H3,(H,19,20). The van der Waals surface area contributed by atoms with E-state index in [4.69, 9.17) is 16.7 Å². The van der Waals surface area contributed by atoms with Crippen LogP contribution in [0.25, 0.3) is 10.1 Å². The van der Waals surface area contributed by atoms with Gasteiger partial charge in [-0.15, -0.1) is 11.3 Å². The Morgan fingerprint density at radius 1 is 1.43 bits per heavy atom. The Kier molecular flexibility index (Phi) is 4.20. The molecule has 1 saturated heterocycles. The van der Waals surface area contributed by atoms with Gasteiger partial charge in [0.05, 0.1) is 15.6 Å². The number of carbonyl (C=O) groups is 1. The van der Waals surface area contributed by atoms with Gasteiger partial charge in [0, 0.05) is 11.4 Å². The van der Waals surface area contributed by atoms with Crippen molar-refractivity contribution >= 4 is 39.0 Å². The topological polar surface area (TPSA) is 40.5 Å². The van der Waals surface area contributed by atoms with Crippen LogP contribution >= 0.6 is 22.9 Å². The van der Waals surface area contributed by atoms with Crippen LogP contribution in [-0.4, -0.2) is 29.1 Å². The SMILES string of the molecule is Cc1c(CN2CCC(C(=O)O)CC2)sc2c(Cl)cccc12. The zero-order valence-corrected chi connectivity index (χ0v) is 13.5. The van der Waals surface area contributed by atoms with E-state index in [2.05, 4.69) is 17.9 Å². The van der Waals surface area contributed by atoms with Crippen LogP contribution in [0.5, 0.6) is 0 Å². The van der Waals surface area contributed by atoms with Crippen molar-refractivity contribution in [2.24, 2.45) is 5.92 Å². The van der Waals surface area contributed by atoms with E-state index in [1.165, 1.54) is 15.8 Å². The average Bonchev–Trinajstić information content (AvgIpc) is 2.78. The minimum Gasteiger partial charge on any atom is -0.481 e. The summed E-state index contributed by atoms with van der Waals surface area (Å²) in [5.74, 6) is -0.821. The summed E-state index contributed by atoms with van der Waals surface area (Å²) in [6.07, 6.45) is 1.50. The second-order valence-electron chi connectivity index (χ2n) is 5.66. The summed E-state index contributed by atoms with van der Waals surface area (Å²) in [7, 11) is 0. The molecule has 2 heterocycles. The summed E-state index contributed by atoms with van der Waals surface area (Å²) in [5.41, 5.74) is 1.30. The molecule has 3 nitrogen and oxygen atoms in total. The Balaban J connectivity index is 1.76. The number of carboxylic acid groups (broad SMARTS) is 1. The number of nitrogens with zero attached hydrogens (tertiary/aromatic N) is 1. The van der Waals surface area contributed by atoms with Crippen molar-refractivity contribution < 1.29 is 9.90 Å². The van der Waals surface area contributed by atoms with Crippen LogP contribution in [0.15, 0.2) is 18.2 Å². The summed E-state index contributed by atoms with van der Waals surface area (Å²) in [6, 6.07) is 6.04. The molecule has 0 atom stereocenters. The number of aliphatic carboxylic acids is 1. The fourth-order valence-corrected chi connectivity index (χ4v) is 4.49. The lowest BCUT2D eigenvalue weighted by molar-refractivity contribution is -0.143. The molecule has 1 N–H and O–H groups in total. The van der Waals surface area contributed by atoms with Crippen molar-refractivity contribution in [3.05, 3.63) is 33.7 Å². The molecule has 3 rings (SSSR count). The summed E-state index contributed by atoms with van der Waals surface area (Å²) < 4.78 is 1.16. The number of thiophene rings is 1. The van der Waals surface area contributed by atoms with Crippen molar-refractivity contribution in [2.75, 3.05) is 13.1 Å². The summed E-state index contributed by atoms with van der Waals surface area (Å²) in [4.78, 5) is 14.7. The van der Waals surface area contributed by atoms with Gasteiger partial charge in [0.15, 0.2) is 0 Å². The molecule has 21 heavy (non-hydrogen) atoms. The highest BCUT2D eigenvalue weighted by molar-refractivity contribution is 7.20. The first-order chi connectivity index (χ1) is 10.1. The molecular weight excluding hydrogens is 306 g/mol. The van der Waals surface area contributed by atoms with E-state index in [-0.39, 0.29) is 5.92 Å². The van der Waals surface area contributed by atoms with Gasteiger partial charge in [0.2, 0.25) is 0 Å². The van der Waals surface area contributed by atoms with Gasteiger partial charge >= 0.3 is 5.97 Å². The molecule has 0 aliphatic carbocycles. The summed E-state index contributed by atoms with van der Waals surface area (Å²) in [6.45, 7) is 4.76. The monoisotopic (exact) mass is 323 g/mol. The first-order valence-corrected chi connectivity index (χ1v) is 8.37. The first-order valence-electron chi connectivity index (χ1n) is 7.18. The lowest BCUT2D eigenvalue weighted by Crippen LogP contribution is -2.35. The van der Waals surface area contributed by atoms with E-state index >= 15 is 0 Å². The van der Waals surface area contributed by atoms with Crippen molar-refractivity contribution in [1.29, 1.82) is 0 Å². The van der Waals surface area contributed by atoms with Crippen molar-refractivity contribution in [2.45, 2.75) is 26.3 Å². The Morgan fingerprint density at radius 2 is 2.14 bits per heavy atom. The molecule has 1 aromatic heterocycles. The second kappa shape index (κ2) is 5.95. The van der Waals surface area contributed by atoms with E-state index < -0.39 is 5.97 Å². The quantitative estimate of drug-likeness (QED) is 0.922. The van der Waals surface area contributed by atoms with Crippen LogP contribution in [0.4, 0.5) is 0 Å². The van der Waals surface area contributed by atoms with Crippen LogP contribution in [0.3, 0.4) is 0 Å². The molecule has 1 fully saturated rings. The van der Waals surface area contributed by atoms with Crippen LogP contribution in [-0.2, 0) is 11.3 Å². The van der Waals surface area contributed by atoms with E-state index in [0.717, 1.165) is 42.2 Å². The Morgan fingerprint density at radius 3 is 2.76 bits per heavy atom. The average molecular weight is 324 g/mol. The fraction of sp³-hybridized carbons (Fsp3) is 0.438. The van der Waals surface area contributed by atoms with E-state index in [1.807, 2.05) is 12.1 Å². The van der Waals surface area contributed by atoms with E-state index in [0.29, 0.717) is 0 Å². The summed E-state index contributed by atoms with van der Waals surface area (Å²) in [5, 5.41) is 11.1. The van der Waals surface area contributed by atoms with Crippen LogP contribution in [0.2, 0.25) is 5.02 Å². The molecule has 0 amide bonds. The third kappa shape index (κ3) is 2.93. The van der Waals surface area contributed by atoms with Gasteiger partial charge in [-0.2, -0.15) is 0 Å². The van der Waals surface area contributed by atoms with Gasteiger partial charge in [-0.05, 0) is 49.9 Å². The third-order valence-corrected chi connectivity index (χ3v) is 6.07. The molecule has 1 aliphatic heterocycles. The van der Waals surface area contributed by atoms with Crippen LogP contribution in [0, 0.1) is 12.8 Å². The number of hydrogen-bond donors (Lipinski definition) is 1. The lowest BCUT2D eigenvalue weighted by atomic mass is 9.97. The third-order valence-electron chi connectivity index (χ3n) is 4.32. The number of likely N-dealkylation sites (tertiary alicyclic amines) is 1. The number of aryl methyl sites for hydroxylation is 1. The molecule has 0 saturated carbocycles. The molecule has 1 aromatic carbocycles. The zero-order chi connectivity index (χ0) is 15.0. The number of rotatable bonds is 3. The number of benzene rings is 1. The Bertz CT molecular complexity index is 674. The second-order valence-corrected chi connectivity index (χ2v) is 7.17. The number of halogens is 1. The number of piperidine rings is 1. The molecule has 0 unspecified atom stereocenters. The van der Waals surface area contributed by atoms with Gasteiger partial charge in [0.1, 0.15) is 0 Å². The minimum absolute atomic E-state index is 0.167. The maximum Gasteiger partial charge on any atom is 0.306 e. The lowest BCUT2D eigenvalue weighted by Gasteiger charge is -2.29. The molecule has 1 aliphatic rings. The maximum atomic E-state index is 11.0. The fourth-order valence-electron chi connectivity index (χ4n) is 2.95. The number of hydrogen-bond acceptors (Lipinski definition) is 3. The molecule has 112 valence electrons. The van der Waals surface area contributed by atoms with Crippen molar-refractivity contribution in [1.82, 2.24) is 4.90 Å².